The van der Waals surface area contributed by atoms with E-state index in [0.717, 1.165) is 12.1 Å². The van der Waals surface area contributed by atoms with E-state index in [2.05, 4.69) is 10.3 Å². The van der Waals surface area contributed by atoms with E-state index in [4.69, 9.17) is 5.73 Å². The molecule has 0 aromatic carbocycles. The number of amides is 1. The van der Waals surface area contributed by atoms with Gasteiger partial charge in [-0.05, 0) is 25.5 Å². The molecule has 15 heavy (non-hydrogen) atoms. The third-order valence-corrected chi connectivity index (χ3v) is 2.12. The number of carbonyl (C=O) groups is 1. The van der Waals surface area contributed by atoms with Crippen molar-refractivity contribution >= 4 is 11.6 Å². The van der Waals surface area contributed by atoms with E-state index in [9.17, 15) is 4.79 Å². The summed E-state index contributed by atoms with van der Waals surface area (Å²) >= 11 is 0. The fraction of sp³-hybridized carbons (Fsp3) is 0.455. The van der Waals surface area contributed by atoms with E-state index in [1.165, 1.54) is 0 Å². The molecular formula is C11H17N3O. The molecule has 4 heteroatoms. The fourth-order valence-corrected chi connectivity index (χ4v) is 1.22. The zero-order chi connectivity index (χ0) is 11.3. The Kier molecular flexibility index (Phi) is 4.24. The smallest absolute Gasteiger partial charge is 0.241 e. The van der Waals surface area contributed by atoms with Gasteiger partial charge in [-0.2, -0.15) is 0 Å². The lowest BCUT2D eigenvalue weighted by Crippen LogP contribution is -2.35. The van der Waals surface area contributed by atoms with Crippen LogP contribution in [0.3, 0.4) is 0 Å². The Labute approximate surface area is 89.9 Å². The zero-order valence-corrected chi connectivity index (χ0v) is 9.16. The molecule has 0 saturated heterocycles. The summed E-state index contributed by atoms with van der Waals surface area (Å²) in [5, 5.41) is 2.73. The highest BCUT2D eigenvalue weighted by Crippen LogP contribution is 2.06. The van der Waals surface area contributed by atoms with Crippen LogP contribution in [-0.4, -0.2) is 16.9 Å². The predicted octanol–water partition coefficient (Wildman–Crippen LogP) is 1.46. The Morgan fingerprint density at radius 1 is 1.60 bits per heavy atom. The Hall–Kier alpha value is -1.42. The summed E-state index contributed by atoms with van der Waals surface area (Å²) in [6.07, 6.45) is 3.23. The highest BCUT2D eigenvalue weighted by Gasteiger charge is 2.11. The van der Waals surface area contributed by atoms with Crippen molar-refractivity contribution in [2.75, 3.05) is 5.32 Å². The average Bonchev–Trinajstić information content (AvgIpc) is 2.22. The first-order valence-electron chi connectivity index (χ1n) is 5.12. The quantitative estimate of drug-likeness (QED) is 0.785. The van der Waals surface area contributed by atoms with E-state index >= 15 is 0 Å². The minimum absolute atomic E-state index is 0.150. The molecule has 82 valence electrons. The molecule has 4 nitrogen and oxygen atoms in total. The minimum Gasteiger partial charge on any atom is -0.323 e. The predicted molar refractivity (Wildman–Crippen MR) is 60.5 cm³/mol. The molecule has 1 rings (SSSR count). The van der Waals surface area contributed by atoms with Gasteiger partial charge in [0.05, 0.1) is 17.9 Å². The van der Waals surface area contributed by atoms with Gasteiger partial charge in [0.2, 0.25) is 5.91 Å². The lowest BCUT2D eigenvalue weighted by Gasteiger charge is -2.10. The van der Waals surface area contributed by atoms with Crippen LogP contribution in [0.2, 0.25) is 0 Å². The van der Waals surface area contributed by atoms with Gasteiger partial charge in [-0.15, -0.1) is 0 Å². The third-order valence-electron chi connectivity index (χ3n) is 2.12. The molecule has 0 saturated carbocycles. The number of aromatic nitrogens is 1. The molecule has 1 aromatic rings. The molecule has 0 bridgehead atoms. The maximum absolute atomic E-state index is 11.5. The van der Waals surface area contributed by atoms with Crippen LogP contribution in [0, 0.1) is 6.92 Å². The summed E-state index contributed by atoms with van der Waals surface area (Å²) in [6.45, 7) is 3.90. The Bertz CT molecular complexity index is 321. The first-order valence-corrected chi connectivity index (χ1v) is 5.12. The molecule has 1 heterocycles. The van der Waals surface area contributed by atoms with E-state index in [0.29, 0.717) is 12.1 Å². The zero-order valence-electron chi connectivity index (χ0n) is 9.16. The molecule has 0 spiro atoms. The summed E-state index contributed by atoms with van der Waals surface area (Å²) in [5.41, 5.74) is 7.29. The van der Waals surface area contributed by atoms with Crippen molar-refractivity contribution in [2.45, 2.75) is 32.7 Å². The molecule has 1 atom stereocenters. The van der Waals surface area contributed by atoms with E-state index in [-0.39, 0.29) is 5.91 Å². The third kappa shape index (κ3) is 3.67. The number of pyridine rings is 1. The molecule has 0 aliphatic rings. The second kappa shape index (κ2) is 5.46. The molecule has 0 fully saturated rings. The molecule has 1 unspecified atom stereocenters. The number of nitrogens with zero attached hydrogens (tertiary/aromatic N) is 1. The van der Waals surface area contributed by atoms with Crippen LogP contribution in [0.4, 0.5) is 5.69 Å². The molecular weight excluding hydrogens is 190 g/mol. The highest BCUT2D eigenvalue weighted by atomic mass is 16.2. The normalized spacial score (nSPS) is 12.2. The summed E-state index contributed by atoms with van der Waals surface area (Å²) in [6, 6.07) is 3.23. The van der Waals surface area contributed by atoms with Crippen LogP contribution in [-0.2, 0) is 4.79 Å². The lowest BCUT2D eigenvalue weighted by molar-refractivity contribution is -0.117. The Balaban J connectivity index is 2.54. The largest absolute Gasteiger partial charge is 0.323 e. The molecule has 0 radical (unpaired) electrons. The molecule has 0 aliphatic carbocycles. The number of nitrogens with one attached hydrogen (secondary N) is 1. The lowest BCUT2D eigenvalue weighted by atomic mass is 10.1. The number of nitrogens with two attached hydrogens (primary N) is 1. The van der Waals surface area contributed by atoms with E-state index in [1.54, 1.807) is 6.20 Å². The van der Waals surface area contributed by atoms with Crippen LogP contribution in [0.1, 0.15) is 25.5 Å². The van der Waals surface area contributed by atoms with Crippen molar-refractivity contribution in [3.8, 4) is 0 Å². The van der Waals surface area contributed by atoms with Gasteiger partial charge in [-0.1, -0.05) is 13.3 Å². The van der Waals surface area contributed by atoms with Gasteiger partial charge in [0.1, 0.15) is 0 Å². The van der Waals surface area contributed by atoms with Crippen molar-refractivity contribution in [1.82, 2.24) is 4.98 Å². The number of aryl methyl sites for hydroxylation is 1. The van der Waals surface area contributed by atoms with Gasteiger partial charge in [-0.25, -0.2) is 0 Å². The van der Waals surface area contributed by atoms with Crippen LogP contribution in [0.15, 0.2) is 18.3 Å². The van der Waals surface area contributed by atoms with Gasteiger partial charge >= 0.3 is 0 Å². The second-order valence-corrected chi connectivity index (χ2v) is 3.57. The van der Waals surface area contributed by atoms with Crippen LogP contribution in [0.25, 0.3) is 0 Å². The van der Waals surface area contributed by atoms with E-state index in [1.807, 2.05) is 26.0 Å². The SMILES string of the molecule is CCCC(N)C(=O)Nc1ccc(C)nc1. The number of anilines is 1. The topological polar surface area (TPSA) is 68.0 Å². The maximum atomic E-state index is 11.5. The number of rotatable bonds is 4. The van der Waals surface area contributed by atoms with Crippen LogP contribution >= 0.6 is 0 Å². The van der Waals surface area contributed by atoms with Crippen LogP contribution in [0.5, 0.6) is 0 Å². The number of carbonyl (C=O) groups excluding carboxylic acids is 1. The first-order chi connectivity index (χ1) is 7.13. The van der Waals surface area contributed by atoms with Gasteiger partial charge in [0, 0.05) is 5.69 Å². The van der Waals surface area contributed by atoms with Crippen molar-refractivity contribution in [3.05, 3.63) is 24.0 Å². The monoisotopic (exact) mass is 207 g/mol. The molecule has 0 aliphatic heterocycles. The van der Waals surface area contributed by atoms with Crippen molar-refractivity contribution in [2.24, 2.45) is 5.73 Å². The molecule has 1 amide bonds. The van der Waals surface area contributed by atoms with Crippen molar-refractivity contribution in [3.63, 3.8) is 0 Å². The fourth-order valence-electron chi connectivity index (χ4n) is 1.22. The minimum atomic E-state index is -0.434. The van der Waals surface area contributed by atoms with Crippen LogP contribution < -0.4 is 11.1 Å². The van der Waals surface area contributed by atoms with Crippen molar-refractivity contribution < 1.29 is 4.79 Å². The maximum Gasteiger partial charge on any atom is 0.241 e. The Morgan fingerprint density at radius 3 is 2.87 bits per heavy atom. The summed E-state index contributed by atoms with van der Waals surface area (Å²) in [7, 11) is 0. The van der Waals surface area contributed by atoms with Gasteiger partial charge < -0.3 is 11.1 Å². The highest BCUT2D eigenvalue weighted by molar-refractivity contribution is 5.94. The molecule has 3 N–H and O–H groups in total. The second-order valence-electron chi connectivity index (χ2n) is 3.57. The van der Waals surface area contributed by atoms with Gasteiger partial charge in [0.25, 0.3) is 0 Å². The number of hydrogen-bond acceptors (Lipinski definition) is 3. The van der Waals surface area contributed by atoms with Crippen molar-refractivity contribution in [1.29, 1.82) is 0 Å². The Morgan fingerprint density at radius 2 is 2.33 bits per heavy atom. The van der Waals surface area contributed by atoms with E-state index < -0.39 is 6.04 Å². The first kappa shape index (κ1) is 11.7. The number of hydrogen-bond donors (Lipinski definition) is 2. The summed E-state index contributed by atoms with van der Waals surface area (Å²) in [4.78, 5) is 15.6. The summed E-state index contributed by atoms with van der Waals surface area (Å²) < 4.78 is 0. The standard InChI is InChI=1S/C11H17N3O/c1-3-4-10(12)11(15)14-9-6-5-8(2)13-7-9/h5-7,10H,3-4,12H2,1-2H3,(H,14,15). The average molecular weight is 207 g/mol. The summed E-state index contributed by atoms with van der Waals surface area (Å²) in [5.74, 6) is -0.150. The van der Waals surface area contributed by atoms with Gasteiger partial charge in [-0.3, -0.25) is 9.78 Å². The van der Waals surface area contributed by atoms with Gasteiger partial charge in [0.15, 0.2) is 0 Å². The molecule has 1 aromatic heterocycles.